The Kier molecular flexibility index (Phi) is 7.54. The molecule has 0 aliphatic heterocycles. The van der Waals surface area contributed by atoms with Gasteiger partial charge in [0.1, 0.15) is 0 Å². The summed E-state index contributed by atoms with van der Waals surface area (Å²) in [6, 6.07) is 41.9. The van der Waals surface area contributed by atoms with Crippen molar-refractivity contribution in [3.63, 3.8) is 0 Å². The standard InChI is InChI=1S/C56H46N4/c1-31-7-9-37(23-33(31)3)39-13-17-51-47(27-39)49-29-41-11-16-46-54-42(12-15-45(53(41)54)55(49)59(51)43-19-21-57-35(5)25-43)30-50-48-28-40(38-10-8-32(2)34(4)24-38)14-18-52(48)60(56(46)50)44-20-22-58-36(6)26-44/h7-10,13-14,17-30H,11-12,15-16H2,1-6H3. The highest BCUT2D eigenvalue weighted by molar-refractivity contribution is 6.17. The van der Waals surface area contributed by atoms with Crippen LogP contribution in [-0.4, -0.2) is 19.1 Å². The smallest absolute Gasteiger partial charge is 0.0579 e. The average Bonchev–Trinajstić information content (AvgIpc) is 3.76. The van der Waals surface area contributed by atoms with Crippen molar-refractivity contribution in [3.05, 3.63) is 177 Å². The Labute approximate surface area is 350 Å². The summed E-state index contributed by atoms with van der Waals surface area (Å²) in [7, 11) is 0. The molecule has 0 atom stereocenters. The molecule has 4 heterocycles. The maximum atomic E-state index is 4.63. The van der Waals surface area contributed by atoms with Crippen molar-refractivity contribution in [1.29, 1.82) is 0 Å². The Morgan fingerprint density at radius 1 is 0.383 bits per heavy atom. The highest BCUT2D eigenvalue weighted by atomic mass is 15.0. The van der Waals surface area contributed by atoms with E-state index >= 15 is 0 Å². The number of hydrogen-bond donors (Lipinski definition) is 0. The molecule has 0 unspecified atom stereocenters. The molecule has 2 aliphatic carbocycles. The van der Waals surface area contributed by atoms with Gasteiger partial charge in [-0.1, -0.05) is 48.5 Å². The van der Waals surface area contributed by atoms with Crippen molar-refractivity contribution in [1.82, 2.24) is 19.1 Å². The fourth-order valence-corrected chi connectivity index (χ4v) is 10.7. The molecule has 290 valence electrons. The first-order valence-corrected chi connectivity index (χ1v) is 21.5. The van der Waals surface area contributed by atoms with E-state index in [9.17, 15) is 0 Å². The van der Waals surface area contributed by atoms with Crippen LogP contribution in [0.25, 0.3) is 88.4 Å². The monoisotopic (exact) mass is 774 g/mol. The Balaban J connectivity index is 1.16. The van der Waals surface area contributed by atoms with Gasteiger partial charge in [-0.2, -0.15) is 0 Å². The number of aryl methyl sites for hydroxylation is 10. The highest BCUT2D eigenvalue weighted by Gasteiger charge is 2.33. The summed E-state index contributed by atoms with van der Waals surface area (Å²) in [4.78, 5) is 9.25. The second-order valence-corrected chi connectivity index (χ2v) is 17.6. The van der Waals surface area contributed by atoms with Crippen LogP contribution in [0, 0.1) is 41.5 Å². The number of fused-ring (bicyclic) bond motifs is 8. The zero-order chi connectivity index (χ0) is 40.6. The van der Waals surface area contributed by atoms with Crippen LogP contribution in [0.15, 0.2) is 122 Å². The lowest BCUT2D eigenvalue weighted by Crippen LogP contribution is -2.16. The molecule has 0 saturated heterocycles. The van der Waals surface area contributed by atoms with Gasteiger partial charge in [0.15, 0.2) is 0 Å². The van der Waals surface area contributed by atoms with Crippen molar-refractivity contribution in [2.24, 2.45) is 0 Å². The van der Waals surface area contributed by atoms with Crippen LogP contribution < -0.4 is 0 Å². The lowest BCUT2D eigenvalue weighted by Gasteiger charge is -2.31. The molecule has 4 heteroatoms. The number of nitrogens with zero attached hydrogens (tertiary/aromatic N) is 4. The molecule has 0 radical (unpaired) electrons. The third kappa shape index (κ3) is 5.10. The lowest BCUT2D eigenvalue weighted by molar-refractivity contribution is 0.883. The predicted octanol–water partition coefficient (Wildman–Crippen LogP) is 13.7. The molecule has 4 nitrogen and oxygen atoms in total. The van der Waals surface area contributed by atoms with Gasteiger partial charge in [-0.05, 0) is 206 Å². The molecule has 60 heavy (non-hydrogen) atoms. The molecule has 4 aromatic heterocycles. The fourth-order valence-electron chi connectivity index (χ4n) is 10.7. The Morgan fingerprint density at radius 2 is 0.800 bits per heavy atom. The van der Waals surface area contributed by atoms with Crippen molar-refractivity contribution in [2.75, 3.05) is 0 Å². The van der Waals surface area contributed by atoms with Crippen LogP contribution in [0.5, 0.6) is 0 Å². The molecule has 0 fully saturated rings. The maximum absolute atomic E-state index is 4.63. The highest BCUT2D eigenvalue weighted by Crippen LogP contribution is 2.51. The van der Waals surface area contributed by atoms with E-state index in [0.29, 0.717) is 0 Å². The van der Waals surface area contributed by atoms with Gasteiger partial charge in [0.05, 0.1) is 22.1 Å². The molecule has 6 aromatic carbocycles. The second kappa shape index (κ2) is 12.9. The van der Waals surface area contributed by atoms with Crippen LogP contribution in [0.2, 0.25) is 0 Å². The van der Waals surface area contributed by atoms with Crippen LogP contribution in [0.4, 0.5) is 0 Å². The van der Waals surface area contributed by atoms with Gasteiger partial charge in [0, 0.05) is 56.7 Å². The molecule has 10 aromatic rings. The van der Waals surface area contributed by atoms with Gasteiger partial charge >= 0.3 is 0 Å². The summed E-state index contributed by atoms with van der Waals surface area (Å²) in [6.45, 7) is 13.0. The normalized spacial score (nSPS) is 13.2. The first kappa shape index (κ1) is 35.2. The van der Waals surface area contributed by atoms with Crippen molar-refractivity contribution in [2.45, 2.75) is 67.2 Å². The van der Waals surface area contributed by atoms with Gasteiger partial charge in [-0.3, -0.25) is 9.97 Å². The zero-order valence-corrected chi connectivity index (χ0v) is 35.2. The molecule has 0 N–H and O–H groups in total. The first-order valence-electron chi connectivity index (χ1n) is 21.5. The van der Waals surface area contributed by atoms with Crippen LogP contribution in [-0.2, 0) is 25.7 Å². The Bertz CT molecular complexity index is 3270. The molecule has 12 rings (SSSR count). The van der Waals surface area contributed by atoms with E-state index in [1.54, 1.807) is 0 Å². The van der Waals surface area contributed by atoms with Gasteiger partial charge in [0.25, 0.3) is 0 Å². The van der Waals surface area contributed by atoms with E-state index in [4.69, 9.17) is 0 Å². The van der Waals surface area contributed by atoms with E-state index in [-0.39, 0.29) is 0 Å². The SMILES string of the molecule is Cc1cc(-n2c3ccc(-c4ccc(C)c(C)c4)cc3c3cc4c5c(c32)CCc2cc3c6cc(-c7ccc(C)c(C)c7)ccc6n(-c6ccnc(C)c6)c3c(c2-5)CC4)ccn1. The van der Waals surface area contributed by atoms with Gasteiger partial charge in [-0.15, -0.1) is 0 Å². The molecule has 0 amide bonds. The van der Waals surface area contributed by atoms with Crippen LogP contribution in [0.3, 0.4) is 0 Å². The van der Waals surface area contributed by atoms with Crippen molar-refractivity contribution >= 4 is 43.6 Å². The molecular weight excluding hydrogens is 729 g/mol. The Morgan fingerprint density at radius 3 is 1.22 bits per heavy atom. The minimum Gasteiger partial charge on any atom is -0.309 e. The van der Waals surface area contributed by atoms with E-state index in [1.165, 1.54) is 133 Å². The number of aromatic nitrogens is 4. The summed E-state index contributed by atoms with van der Waals surface area (Å²) >= 11 is 0. The minimum atomic E-state index is 0.998. The molecule has 2 aliphatic rings. The maximum Gasteiger partial charge on any atom is 0.0579 e. The largest absolute Gasteiger partial charge is 0.309 e. The number of pyridine rings is 2. The predicted molar refractivity (Wildman–Crippen MR) is 250 cm³/mol. The second-order valence-electron chi connectivity index (χ2n) is 17.6. The van der Waals surface area contributed by atoms with Crippen molar-refractivity contribution in [3.8, 4) is 44.8 Å². The van der Waals surface area contributed by atoms with E-state index in [2.05, 4.69) is 170 Å². The zero-order valence-electron chi connectivity index (χ0n) is 35.2. The van der Waals surface area contributed by atoms with Gasteiger partial charge in [0.2, 0.25) is 0 Å². The third-order valence-electron chi connectivity index (χ3n) is 14.0. The quantitative estimate of drug-likeness (QED) is 0.178. The lowest BCUT2D eigenvalue weighted by atomic mass is 9.74. The van der Waals surface area contributed by atoms with E-state index in [0.717, 1.165) is 37.1 Å². The minimum absolute atomic E-state index is 0.998. The number of rotatable bonds is 4. The summed E-state index contributed by atoms with van der Waals surface area (Å²) in [5, 5.41) is 5.34. The average molecular weight is 775 g/mol. The first-order chi connectivity index (χ1) is 29.2. The molecule has 0 saturated carbocycles. The van der Waals surface area contributed by atoms with E-state index < -0.39 is 0 Å². The van der Waals surface area contributed by atoms with Crippen molar-refractivity contribution < 1.29 is 0 Å². The fraction of sp³-hybridized carbons (Fsp3) is 0.179. The molecule has 0 spiro atoms. The summed E-state index contributed by atoms with van der Waals surface area (Å²) < 4.78 is 5.09. The number of benzene rings is 6. The molecule has 0 bridgehead atoms. The van der Waals surface area contributed by atoms with Gasteiger partial charge in [-0.25, -0.2) is 0 Å². The Hall–Kier alpha value is -6.78. The van der Waals surface area contributed by atoms with Gasteiger partial charge < -0.3 is 9.13 Å². The van der Waals surface area contributed by atoms with Crippen LogP contribution >= 0.6 is 0 Å². The third-order valence-corrected chi connectivity index (χ3v) is 14.0. The summed E-state index contributed by atoms with van der Waals surface area (Å²) in [5.41, 5.74) is 28.8. The van der Waals surface area contributed by atoms with E-state index in [1.807, 2.05) is 12.4 Å². The summed E-state index contributed by atoms with van der Waals surface area (Å²) in [5.74, 6) is 0. The topological polar surface area (TPSA) is 35.6 Å². The molecular formula is C56H46N4. The number of hydrogen-bond acceptors (Lipinski definition) is 2. The van der Waals surface area contributed by atoms with Crippen LogP contribution in [0.1, 0.15) is 55.9 Å². The summed E-state index contributed by atoms with van der Waals surface area (Å²) in [6.07, 6.45) is 7.94.